The molecule has 2 aromatic rings. The minimum atomic E-state index is -4.55. The Balaban J connectivity index is 2.20. The summed E-state index contributed by atoms with van der Waals surface area (Å²) in [7, 11) is 0. The van der Waals surface area contributed by atoms with Crippen LogP contribution in [0.25, 0.3) is 0 Å². The fourth-order valence-electron chi connectivity index (χ4n) is 1.65. The van der Waals surface area contributed by atoms with Gasteiger partial charge in [-0.3, -0.25) is 0 Å². The molecule has 7 heteroatoms. The van der Waals surface area contributed by atoms with Crippen molar-refractivity contribution in [3.05, 3.63) is 52.7 Å². The lowest BCUT2D eigenvalue weighted by atomic mass is 10.2. The summed E-state index contributed by atoms with van der Waals surface area (Å²) in [5.41, 5.74) is -0.157. The number of hydrogen-bond donors (Lipinski definition) is 1. The second kappa shape index (κ2) is 6.32. The van der Waals surface area contributed by atoms with E-state index in [1.807, 2.05) is 0 Å². The summed E-state index contributed by atoms with van der Waals surface area (Å²) in [4.78, 5) is 3.96. The number of hydrogen-bond acceptors (Lipinski definition) is 3. The first kappa shape index (κ1) is 15.6. The zero-order valence-electron chi connectivity index (χ0n) is 10.7. The van der Waals surface area contributed by atoms with Crippen molar-refractivity contribution >= 4 is 11.6 Å². The van der Waals surface area contributed by atoms with E-state index >= 15 is 0 Å². The number of rotatable bonds is 4. The van der Waals surface area contributed by atoms with Crippen molar-refractivity contribution in [2.75, 3.05) is 6.61 Å². The van der Waals surface area contributed by atoms with Gasteiger partial charge in [-0.05, 0) is 30.2 Å². The molecule has 0 saturated carbocycles. The van der Waals surface area contributed by atoms with Gasteiger partial charge in [0.1, 0.15) is 5.75 Å². The molecule has 2 rings (SSSR count). The highest BCUT2D eigenvalue weighted by Gasteiger charge is 2.33. The molecule has 3 nitrogen and oxygen atoms in total. The summed E-state index contributed by atoms with van der Waals surface area (Å²) in [5.74, 6) is 0.154. The lowest BCUT2D eigenvalue weighted by Crippen LogP contribution is -2.06. The van der Waals surface area contributed by atoms with E-state index in [1.54, 1.807) is 6.07 Å². The number of aromatic nitrogens is 1. The van der Waals surface area contributed by atoms with Crippen LogP contribution in [0.5, 0.6) is 11.6 Å². The van der Waals surface area contributed by atoms with Crippen molar-refractivity contribution in [1.29, 1.82) is 0 Å². The molecule has 112 valence electrons. The summed E-state index contributed by atoms with van der Waals surface area (Å²) in [6, 6.07) is 6.48. The van der Waals surface area contributed by atoms with Crippen LogP contribution in [-0.4, -0.2) is 16.7 Å². The van der Waals surface area contributed by atoms with E-state index in [0.717, 1.165) is 17.7 Å². The van der Waals surface area contributed by atoms with Gasteiger partial charge in [-0.25, -0.2) is 4.98 Å². The first-order chi connectivity index (χ1) is 9.90. The molecule has 1 aromatic heterocycles. The van der Waals surface area contributed by atoms with Crippen LogP contribution in [0.2, 0.25) is 5.02 Å². The van der Waals surface area contributed by atoms with Gasteiger partial charge in [0.2, 0.25) is 5.88 Å². The maximum atomic E-state index is 12.7. The highest BCUT2D eigenvalue weighted by atomic mass is 35.5. The molecule has 1 heterocycles. The predicted molar refractivity (Wildman–Crippen MR) is 71.6 cm³/mol. The normalized spacial score (nSPS) is 11.5. The number of alkyl halides is 3. The van der Waals surface area contributed by atoms with Gasteiger partial charge in [0.15, 0.2) is 0 Å². The van der Waals surface area contributed by atoms with Crippen LogP contribution in [0.1, 0.15) is 11.1 Å². The fourth-order valence-corrected chi connectivity index (χ4v) is 1.88. The third-order valence-corrected chi connectivity index (χ3v) is 2.99. The zero-order valence-corrected chi connectivity index (χ0v) is 11.4. The smallest absolute Gasteiger partial charge is 0.417 e. The van der Waals surface area contributed by atoms with Crippen molar-refractivity contribution in [2.45, 2.75) is 12.6 Å². The summed E-state index contributed by atoms with van der Waals surface area (Å²) < 4.78 is 43.4. The predicted octanol–water partition coefficient (Wildman–Crippen LogP) is 4.08. The van der Waals surface area contributed by atoms with Gasteiger partial charge in [0.05, 0.1) is 10.6 Å². The summed E-state index contributed by atoms with van der Waals surface area (Å²) in [5, 5.41) is 8.39. The van der Waals surface area contributed by atoms with Gasteiger partial charge in [-0.1, -0.05) is 17.7 Å². The minimum Gasteiger partial charge on any atom is -0.439 e. The standard InChI is InChI=1S/C14H11ClF3NO2/c15-12-3-2-10(7-11(12)14(16,17)18)21-13-4-1-9(5-6-20)8-19-13/h1-4,7-8,20H,5-6H2. The number of benzene rings is 1. The molecule has 0 aliphatic heterocycles. The quantitative estimate of drug-likeness (QED) is 0.924. The Morgan fingerprint density at radius 3 is 2.52 bits per heavy atom. The van der Waals surface area contributed by atoms with Gasteiger partial charge >= 0.3 is 6.18 Å². The van der Waals surface area contributed by atoms with E-state index in [-0.39, 0.29) is 23.3 Å². The fraction of sp³-hybridized carbons (Fsp3) is 0.214. The molecule has 0 aliphatic carbocycles. The summed E-state index contributed by atoms with van der Waals surface area (Å²) >= 11 is 5.52. The molecule has 0 aliphatic rings. The van der Waals surface area contributed by atoms with Gasteiger partial charge in [-0.15, -0.1) is 0 Å². The Morgan fingerprint density at radius 2 is 1.95 bits per heavy atom. The molecule has 0 spiro atoms. The van der Waals surface area contributed by atoms with Crippen LogP contribution in [0, 0.1) is 0 Å². The van der Waals surface area contributed by atoms with E-state index < -0.39 is 11.7 Å². The average molecular weight is 318 g/mol. The van der Waals surface area contributed by atoms with Crippen LogP contribution in [0.3, 0.4) is 0 Å². The zero-order chi connectivity index (χ0) is 15.5. The second-order valence-electron chi connectivity index (χ2n) is 4.22. The van der Waals surface area contributed by atoms with E-state index in [9.17, 15) is 13.2 Å². The number of nitrogens with zero attached hydrogens (tertiary/aromatic N) is 1. The summed E-state index contributed by atoms with van der Waals surface area (Å²) in [6.45, 7) is -0.00594. The average Bonchev–Trinajstić information content (AvgIpc) is 2.42. The Bertz CT molecular complexity index is 615. The molecule has 0 bridgehead atoms. The highest BCUT2D eigenvalue weighted by Crippen LogP contribution is 2.37. The van der Waals surface area contributed by atoms with Crippen LogP contribution in [0.15, 0.2) is 36.5 Å². The van der Waals surface area contributed by atoms with E-state index in [4.69, 9.17) is 21.4 Å². The number of pyridine rings is 1. The number of aliphatic hydroxyl groups excluding tert-OH is 1. The van der Waals surface area contributed by atoms with Crippen LogP contribution < -0.4 is 4.74 Å². The van der Waals surface area contributed by atoms with Crippen molar-refractivity contribution < 1.29 is 23.0 Å². The number of halogens is 4. The number of ether oxygens (including phenoxy) is 1. The van der Waals surface area contributed by atoms with E-state index in [0.29, 0.717) is 6.42 Å². The topological polar surface area (TPSA) is 42.4 Å². The third kappa shape index (κ3) is 4.09. The van der Waals surface area contributed by atoms with Crippen molar-refractivity contribution in [3.63, 3.8) is 0 Å². The van der Waals surface area contributed by atoms with Crippen LogP contribution in [-0.2, 0) is 12.6 Å². The van der Waals surface area contributed by atoms with E-state index in [2.05, 4.69) is 4.98 Å². The lowest BCUT2D eigenvalue weighted by Gasteiger charge is -2.11. The first-order valence-electron chi connectivity index (χ1n) is 6.00. The molecule has 0 unspecified atom stereocenters. The van der Waals surface area contributed by atoms with Crippen LogP contribution in [0.4, 0.5) is 13.2 Å². The van der Waals surface area contributed by atoms with Crippen molar-refractivity contribution in [1.82, 2.24) is 4.98 Å². The van der Waals surface area contributed by atoms with Gasteiger partial charge in [-0.2, -0.15) is 13.2 Å². The molecule has 21 heavy (non-hydrogen) atoms. The van der Waals surface area contributed by atoms with Crippen molar-refractivity contribution in [2.24, 2.45) is 0 Å². The molecule has 0 saturated heterocycles. The highest BCUT2D eigenvalue weighted by molar-refractivity contribution is 6.31. The Hall–Kier alpha value is -1.79. The molecule has 1 aromatic carbocycles. The molecular formula is C14H11ClF3NO2. The summed E-state index contributed by atoms with van der Waals surface area (Å²) in [6.07, 6.45) is -2.60. The first-order valence-corrected chi connectivity index (χ1v) is 6.38. The molecule has 0 fully saturated rings. The minimum absolute atomic E-state index is 0.00543. The molecule has 1 N–H and O–H groups in total. The molecule has 0 amide bonds. The SMILES string of the molecule is OCCc1ccc(Oc2ccc(Cl)c(C(F)(F)F)c2)nc1. The van der Waals surface area contributed by atoms with Crippen molar-refractivity contribution in [3.8, 4) is 11.6 Å². The van der Waals surface area contributed by atoms with Gasteiger partial charge in [0, 0.05) is 18.9 Å². The van der Waals surface area contributed by atoms with E-state index in [1.165, 1.54) is 18.3 Å². The molecule has 0 radical (unpaired) electrons. The second-order valence-corrected chi connectivity index (χ2v) is 4.63. The van der Waals surface area contributed by atoms with Gasteiger partial charge < -0.3 is 9.84 Å². The Kier molecular flexibility index (Phi) is 4.69. The lowest BCUT2D eigenvalue weighted by molar-refractivity contribution is -0.137. The molecule has 0 atom stereocenters. The Labute approximate surface area is 124 Å². The maximum Gasteiger partial charge on any atom is 0.417 e. The largest absolute Gasteiger partial charge is 0.439 e. The van der Waals surface area contributed by atoms with Crippen LogP contribution >= 0.6 is 11.6 Å². The monoisotopic (exact) mass is 317 g/mol. The third-order valence-electron chi connectivity index (χ3n) is 2.66. The van der Waals surface area contributed by atoms with Gasteiger partial charge in [0.25, 0.3) is 0 Å². The number of aliphatic hydroxyl groups is 1. The molecular weight excluding hydrogens is 307 g/mol. The Morgan fingerprint density at radius 1 is 1.19 bits per heavy atom. The maximum absolute atomic E-state index is 12.7.